The summed E-state index contributed by atoms with van der Waals surface area (Å²) in [5.41, 5.74) is 0.720. The average molecular weight is 267 g/mol. The van der Waals surface area contributed by atoms with E-state index in [0.29, 0.717) is 0 Å². The molecule has 2 unspecified atom stereocenters. The van der Waals surface area contributed by atoms with Crippen molar-refractivity contribution in [2.24, 2.45) is 0 Å². The molecule has 0 aromatic carbocycles. The Morgan fingerprint density at radius 3 is 1.68 bits per heavy atom. The molecule has 2 saturated heterocycles. The molecule has 19 heavy (non-hydrogen) atoms. The van der Waals surface area contributed by atoms with E-state index >= 15 is 0 Å². The Morgan fingerprint density at radius 2 is 1.37 bits per heavy atom. The van der Waals surface area contributed by atoms with Crippen LogP contribution in [0.25, 0.3) is 0 Å². The van der Waals surface area contributed by atoms with Crippen LogP contribution in [-0.4, -0.2) is 34.2 Å². The monoisotopic (exact) mass is 267 g/mol. The largest absolute Gasteiger partial charge is 0.369 e. The zero-order chi connectivity index (χ0) is 14.5. The summed E-state index contributed by atoms with van der Waals surface area (Å²) in [6.45, 7) is 14.0. The molecule has 0 radical (unpaired) electrons. The van der Waals surface area contributed by atoms with E-state index < -0.39 is 0 Å². The van der Waals surface area contributed by atoms with E-state index in [1.165, 1.54) is 38.5 Å². The van der Waals surface area contributed by atoms with E-state index in [9.17, 15) is 0 Å². The summed E-state index contributed by atoms with van der Waals surface area (Å²) in [5, 5.41) is 0. The highest BCUT2D eigenvalue weighted by molar-refractivity contribution is 5.11. The first kappa shape index (κ1) is 15.3. The van der Waals surface area contributed by atoms with Crippen molar-refractivity contribution in [1.29, 1.82) is 0 Å². The summed E-state index contributed by atoms with van der Waals surface area (Å²) >= 11 is 0. The molecular formula is C17H33NO. The van der Waals surface area contributed by atoms with Crippen molar-refractivity contribution in [3.8, 4) is 0 Å². The molecule has 2 aliphatic rings. The summed E-state index contributed by atoms with van der Waals surface area (Å²) in [7, 11) is 2.32. The van der Waals surface area contributed by atoms with E-state index in [0.717, 1.165) is 0 Å². The molecule has 1 spiro atoms. The van der Waals surface area contributed by atoms with Gasteiger partial charge in [-0.3, -0.25) is 4.90 Å². The van der Waals surface area contributed by atoms with Gasteiger partial charge in [0.15, 0.2) is 0 Å². The summed E-state index contributed by atoms with van der Waals surface area (Å²) < 4.78 is 6.59. The lowest BCUT2D eigenvalue weighted by Gasteiger charge is -2.59. The molecule has 2 heteroatoms. The van der Waals surface area contributed by atoms with Crippen LogP contribution in [0, 0.1) is 0 Å². The zero-order valence-electron chi connectivity index (χ0n) is 14.1. The number of hydrogen-bond acceptors (Lipinski definition) is 2. The smallest absolute Gasteiger partial charge is 0.0725 e. The molecule has 0 aromatic rings. The van der Waals surface area contributed by atoms with Crippen molar-refractivity contribution in [1.82, 2.24) is 4.90 Å². The summed E-state index contributed by atoms with van der Waals surface area (Å²) in [4.78, 5) is 2.64. The zero-order valence-corrected chi connectivity index (χ0v) is 14.1. The molecule has 2 aliphatic heterocycles. The molecule has 2 fully saturated rings. The third-order valence-corrected chi connectivity index (χ3v) is 6.22. The van der Waals surface area contributed by atoms with Crippen molar-refractivity contribution in [2.75, 3.05) is 7.05 Å². The van der Waals surface area contributed by atoms with E-state index in [2.05, 4.69) is 53.5 Å². The minimum Gasteiger partial charge on any atom is -0.369 e. The Labute approximate surface area is 119 Å². The van der Waals surface area contributed by atoms with Gasteiger partial charge >= 0.3 is 0 Å². The first-order valence-corrected chi connectivity index (χ1v) is 8.05. The third-order valence-electron chi connectivity index (χ3n) is 6.22. The second-order valence-electron chi connectivity index (χ2n) is 8.16. The van der Waals surface area contributed by atoms with Gasteiger partial charge in [0, 0.05) is 11.1 Å². The maximum atomic E-state index is 6.59. The van der Waals surface area contributed by atoms with Crippen LogP contribution >= 0.6 is 0 Å². The summed E-state index contributed by atoms with van der Waals surface area (Å²) in [6, 6.07) is 0. The second-order valence-corrected chi connectivity index (χ2v) is 8.16. The standard InChI is InChI=1S/C17H33NO/c1-8-15(5)12-17(11-10-14(3,4)19-17)13-16(6,9-2)18(15)7/h8-13H2,1-7H3. The van der Waals surface area contributed by atoms with Crippen LogP contribution in [-0.2, 0) is 4.74 Å². The molecular weight excluding hydrogens is 234 g/mol. The lowest BCUT2D eigenvalue weighted by Crippen LogP contribution is -2.65. The molecule has 0 bridgehead atoms. The quantitative estimate of drug-likeness (QED) is 0.736. The SMILES string of the molecule is CCC1(C)CC2(CCC(C)(C)O2)CC(C)(CC)N1C. The van der Waals surface area contributed by atoms with Crippen molar-refractivity contribution < 1.29 is 4.74 Å². The lowest BCUT2D eigenvalue weighted by atomic mass is 9.67. The van der Waals surface area contributed by atoms with Gasteiger partial charge in [0.05, 0.1) is 11.2 Å². The fourth-order valence-electron chi connectivity index (χ4n) is 4.53. The van der Waals surface area contributed by atoms with Gasteiger partial charge in [0.25, 0.3) is 0 Å². The normalized spacial score (nSPS) is 46.9. The number of hydrogen-bond donors (Lipinski definition) is 0. The molecule has 0 aromatic heterocycles. The van der Waals surface area contributed by atoms with Crippen LogP contribution in [0.2, 0.25) is 0 Å². The maximum absolute atomic E-state index is 6.59. The van der Waals surface area contributed by atoms with Crippen molar-refractivity contribution >= 4 is 0 Å². The topological polar surface area (TPSA) is 12.5 Å². The van der Waals surface area contributed by atoms with Crippen LogP contribution in [0.3, 0.4) is 0 Å². The molecule has 0 N–H and O–H groups in total. The summed E-state index contributed by atoms with van der Waals surface area (Å²) in [5.74, 6) is 0. The Morgan fingerprint density at radius 1 is 0.895 bits per heavy atom. The average Bonchev–Trinajstić information content (AvgIpc) is 2.61. The van der Waals surface area contributed by atoms with Crippen LogP contribution < -0.4 is 0 Å². The first-order chi connectivity index (χ1) is 8.60. The first-order valence-electron chi connectivity index (χ1n) is 8.05. The maximum Gasteiger partial charge on any atom is 0.0725 e. The Bertz CT molecular complexity index is 331. The Hall–Kier alpha value is -0.0800. The number of ether oxygens (including phenoxy) is 1. The predicted octanol–water partition coefficient (Wildman–Crippen LogP) is 4.38. The van der Waals surface area contributed by atoms with Gasteiger partial charge in [-0.1, -0.05) is 13.8 Å². The van der Waals surface area contributed by atoms with Crippen molar-refractivity contribution in [2.45, 2.75) is 102 Å². The van der Waals surface area contributed by atoms with Gasteiger partial charge in [-0.05, 0) is 73.3 Å². The number of piperidine rings is 1. The van der Waals surface area contributed by atoms with Gasteiger partial charge in [0.2, 0.25) is 0 Å². The third kappa shape index (κ3) is 2.47. The fourth-order valence-corrected chi connectivity index (χ4v) is 4.53. The number of nitrogens with zero attached hydrogens (tertiary/aromatic N) is 1. The summed E-state index contributed by atoms with van der Waals surface area (Å²) in [6.07, 6.45) is 7.21. The van der Waals surface area contributed by atoms with Crippen molar-refractivity contribution in [3.63, 3.8) is 0 Å². The van der Waals surface area contributed by atoms with Crippen LogP contribution in [0.1, 0.15) is 80.1 Å². The van der Waals surface area contributed by atoms with Crippen LogP contribution in [0.5, 0.6) is 0 Å². The van der Waals surface area contributed by atoms with E-state index in [4.69, 9.17) is 4.74 Å². The van der Waals surface area contributed by atoms with Crippen LogP contribution in [0.4, 0.5) is 0 Å². The molecule has 112 valence electrons. The molecule has 0 aliphatic carbocycles. The van der Waals surface area contributed by atoms with E-state index in [-0.39, 0.29) is 22.3 Å². The number of likely N-dealkylation sites (tertiary alicyclic amines) is 1. The highest BCUT2D eigenvalue weighted by Gasteiger charge is 2.57. The highest BCUT2D eigenvalue weighted by Crippen LogP contribution is 2.53. The number of rotatable bonds is 2. The molecule has 2 atom stereocenters. The molecule has 2 rings (SSSR count). The molecule has 0 amide bonds. The second kappa shape index (κ2) is 4.46. The van der Waals surface area contributed by atoms with E-state index in [1.807, 2.05) is 0 Å². The molecule has 2 heterocycles. The molecule has 2 nitrogen and oxygen atoms in total. The fraction of sp³-hybridized carbons (Fsp3) is 1.00. The van der Waals surface area contributed by atoms with Crippen molar-refractivity contribution in [3.05, 3.63) is 0 Å². The minimum absolute atomic E-state index is 0.0687. The minimum atomic E-state index is 0.0687. The predicted molar refractivity (Wildman–Crippen MR) is 81.5 cm³/mol. The van der Waals surface area contributed by atoms with Gasteiger partial charge < -0.3 is 4.74 Å². The van der Waals surface area contributed by atoms with Gasteiger partial charge in [-0.15, -0.1) is 0 Å². The van der Waals surface area contributed by atoms with Crippen LogP contribution in [0.15, 0.2) is 0 Å². The van der Waals surface area contributed by atoms with Gasteiger partial charge in [0.1, 0.15) is 0 Å². The van der Waals surface area contributed by atoms with Gasteiger partial charge in [-0.25, -0.2) is 0 Å². The Kier molecular flexibility index (Phi) is 3.59. The Balaban J connectivity index is 2.34. The van der Waals surface area contributed by atoms with E-state index in [1.54, 1.807) is 0 Å². The lowest BCUT2D eigenvalue weighted by molar-refractivity contribution is -0.177. The van der Waals surface area contributed by atoms with Gasteiger partial charge in [-0.2, -0.15) is 0 Å². The highest BCUT2D eigenvalue weighted by atomic mass is 16.5. The molecule has 0 saturated carbocycles.